The van der Waals surface area contributed by atoms with Crippen molar-refractivity contribution in [1.82, 2.24) is 19.9 Å². The molecule has 0 bridgehead atoms. The van der Waals surface area contributed by atoms with Gasteiger partial charge in [-0.2, -0.15) is 0 Å². The second-order valence-corrected chi connectivity index (χ2v) is 4.51. The van der Waals surface area contributed by atoms with Gasteiger partial charge in [0.15, 0.2) is 5.65 Å². The number of nitrogens with zero attached hydrogens (tertiary/aromatic N) is 2. The summed E-state index contributed by atoms with van der Waals surface area (Å²) in [4.78, 5) is 27.9. The van der Waals surface area contributed by atoms with Gasteiger partial charge in [0.05, 0.1) is 17.8 Å². The molecule has 0 radical (unpaired) electrons. The van der Waals surface area contributed by atoms with Gasteiger partial charge in [-0.3, -0.25) is 14.7 Å². The first-order valence-corrected chi connectivity index (χ1v) is 5.84. The van der Waals surface area contributed by atoms with Gasteiger partial charge >= 0.3 is 0 Å². The van der Waals surface area contributed by atoms with Gasteiger partial charge in [-0.05, 0) is 6.92 Å². The molecule has 0 aromatic carbocycles. The first-order valence-electron chi connectivity index (χ1n) is 5.84. The van der Waals surface area contributed by atoms with Crippen LogP contribution in [0.25, 0.3) is 5.65 Å². The average Bonchev–Trinajstić information content (AvgIpc) is 2.76. The SMILES string of the molecule is Cc1nc2cc[nH]n2c(=O)c1CNC(=O)C(C)C. The smallest absolute Gasteiger partial charge is 0.277 e. The van der Waals surface area contributed by atoms with Gasteiger partial charge in [0.2, 0.25) is 5.91 Å². The molecule has 0 spiro atoms. The maximum absolute atomic E-state index is 12.1. The lowest BCUT2D eigenvalue weighted by Gasteiger charge is -2.09. The predicted octanol–water partition coefficient (Wildman–Crippen LogP) is 0.603. The molecule has 0 saturated heterocycles. The van der Waals surface area contributed by atoms with E-state index in [1.165, 1.54) is 4.52 Å². The van der Waals surface area contributed by atoms with Crippen molar-refractivity contribution in [1.29, 1.82) is 0 Å². The minimum absolute atomic E-state index is 0.0783. The largest absolute Gasteiger partial charge is 0.352 e. The van der Waals surface area contributed by atoms with Crippen LogP contribution in [0.3, 0.4) is 0 Å². The molecule has 2 aromatic heterocycles. The zero-order chi connectivity index (χ0) is 13.3. The fourth-order valence-electron chi connectivity index (χ4n) is 1.69. The standard InChI is InChI=1S/C12H16N4O2/c1-7(2)11(17)13-6-9-8(3)15-10-4-5-14-16(10)12(9)18/h4-5,7,14H,6H2,1-3H3,(H,13,17). The third kappa shape index (κ3) is 2.13. The van der Waals surface area contributed by atoms with Crippen LogP contribution in [0.4, 0.5) is 0 Å². The maximum Gasteiger partial charge on any atom is 0.277 e. The quantitative estimate of drug-likeness (QED) is 0.835. The van der Waals surface area contributed by atoms with E-state index in [9.17, 15) is 9.59 Å². The normalized spacial score (nSPS) is 11.1. The van der Waals surface area contributed by atoms with E-state index in [1.807, 2.05) is 13.8 Å². The van der Waals surface area contributed by atoms with E-state index in [-0.39, 0.29) is 23.9 Å². The van der Waals surface area contributed by atoms with Crippen LogP contribution in [0.1, 0.15) is 25.1 Å². The summed E-state index contributed by atoms with van der Waals surface area (Å²) in [5, 5.41) is 5.53. The molecular weight excluding hydrogens is 232 g/mol. The van der Waals surface area contributed by atoms with Crippen molar-refractivity contribution in [2.75, 3.05) is 0 Å². The molecule has 0 aliphatic heterocycles. The van der Waals surface area contributed by atoms with E-state index in [2.05, 4.69) is 15.4 Å². The summed E-state index contributed by atoms with van der Waals surface area (Å²) in [6, 6.07) is 1.73. The number of fused-ring (bicyclic) bond motifs is 1. The summed E-state index contributed by atoms with van der Waals surface area (Å²) < 4.78 is 1.36. The van der Waals surface area contributed by atoms with Crippen molar-refractivity contribution in [2.24, 2.45) is 5.92 Å². The number of hydrogen-bond acceptors (Lipinski definition) is 3. The van der Waals surface area contributed by atoms with Crippen LogP contribution >= 0.6 is 0 Å². The van der Waals surface area contributed by atoms with E-state index in [0.717, 1.165) is 0 Å². The lowest BCUT2D eigenvalue weighted by Crippen LogP contribution is -2.32. The number of aromatic nitrogens is 3. The van der Waals surface area contributed by atoms with Gasteiger partial charge in [0, 0.05) is 18.2 Å². The molecule has 6 heteroatoms. The summed E-state index contributed by atoms with van der Waals surface area (Å²) >= 11 is 0. The molecule has 0 atom stereocenters. The average molecular weight is 248 g/mol. The molecule has 18 heavy (non-hydrogen) atoms. The monoisotopic (exact) mass is 248 g/mol. The Labute approximate surface area is 104 Å². The third-order valence-electron chi connectivity index (χ3n) is 2.81. The Hall–Kier alpha value is -2.11. The number of aromatic amines is 1. The van der Waals surface area contributed by atoms with Crippen LogP contribution < -0.4 is 10.9 Å². The molecule has 96 valence electrons. The molecular formula is C12H16N4O2. The van der Waals surface area contributed by atoms with E-state index >= 15 is 0 Å². The minimum Gasteiger partial charge on any atom is -0.352 e. The van der Waals surface area contributed by atoms with E-state index in [4.69, 9.17) is 0 Å². The number of amides is 1. The fraction of sp³-hybridized carbons (Fsp3) is 0.417. The highest BCUT2D eigenvalue weighted by molar-refractivity contribution is 5.77. The Morgan fingerprint density at radius 2 is 2.28 bits per heavy atom. The Balaban J connectivity index is 2.33. The Morgan fingerprint density at radius 3 is 2.94 bits per heavy atom. The van der Waals surface area contributed by atoms with Crippen LogP contribution in [-0.2, 0) is 11.3 Å². The highest BCUT2D eigenvalue weighted by Gasteiger charge is 2.12. The summed E-state index contributed by atoms with van der Waals surface area (Å²) in [6.07, 6.45) is 1.65. The van der Waals surface area contributed by atoms with E-state index in [0.29, 0.717) is 16.9 Å². The molecule has 1 amide bonds. The molecule has 2 N–H and O–H groups in total. The van der Waals surface area contributed by atoms with Gasteiger partial charge < -0.3 is 5.32 Å². The number of H-pyrrole nitrogens is 1. The van der Waals surface area contributed by atoms with Crippen LogP contribution in [0.15, 0.2) is 17.1 Å². The van der Waals surface area contributed by atoms with Crippen molar-refractivity contribution in [3.63, 3.8) is 0 Å². The third-order valence-corrected chi connectivity index (χ3v) is 2.81. The number of hydrogen-bond donors (Lipinski definition) is 2. The zero-order valence-corrected chi connectivity index (χ0v) is 10.7. The van der Waals surface area contributed by atoms with Crippen LogP contribution in [0.5, 0.6) is 0 Å². The van der Waals surface area contributed by atoms with Crippen LogP contribution in [0.2, 0.25) is 0 Å². The number of carbonyl (C=O) groups excluding carboxylic acids is 1. The van der Waals surface area contributed by atoms with Gasteiger partial charge in [0.1, 0.15) is 0 Å². The second kappa shape index (κ2) is 4.64. The number of carbonyl (C=O) groups is 1. The molecule has 0 unspecified atom stereocenters. The highest BCUT2D eigenvalue weighted by atomic mass is 16.2. The molecule has 0 saturated carbocycles. The lowest BCUT2D eigenvalue weighted by atomic mass is 10.2. The number of nitrogens with one attached hydrogen (secondary N) is 2. The van der Waals surface area contributed by atoms with Crippen molar-refractivity contribution in [3.05, 3.63) is 33.9 Å². The van der Waals surface area contributed by atoms with Crippen molar-refractivity contribution >= 4 is 11.6 Å². The molecule has 6 nitrogen and oxygen atoms in total. The molecule has 2 aromatic rings. The summed E-state index contributed by atoms with van der Waals surface area (Å²) in [7, 11) is 0. The Bertz CT molecular complexity index is 639. The molecule has 2 rings (SSSR count). The van der Waals surface area contributed by atoms with Gasteiger partial charge in [0.25, 0.3) is 5.56 Å². The summed E-state index contributed by atoms with van der Waals surface area (Å²) in [5.74, 6) is -0.180. The topological polar surface area (TPSA) is 79.3 Å². The molecule has 0 aliphatic rings. The van der Waals surface area contributed by atoms with E-state index < -0.39 is 0 Å². The summed E-state index contributed by atoms with van der Waals surface area (Å²) in [5.41, 5.74) is 1.55. The first-order chi connectivity index (χ1) is 8.50. The van der Waals surface area contributed by atoms with Crippen molar-refractivity contribution in [3.8, 4) is 0 Å². The van der Waals surface area contributed by atoms with Crippen molar-refractivity contribution in [2.45, 2.75) is 27.3 Å². The summed E-state index contributed by atoms with van der Waals surface area (Å²) in [6.45, 7) is 5.59. The number of rotatable bonds is 3. The Kier molecular flexibility index (Phi) is 3.18. The first kappa shape index (κ1) is 12.3. The fourth-order valence-corrected chi connectivity index (χ4v) is 1.69. The van der Waals surface area contributed by atoms with Crippen molar-refractivity contribution < 1.29 is 4.79 Å². The van der Waals surface area contributed by atoms with Gasteiger partial charge in [-0.25, -0.2) is 9.50 Å². The molecule has 2 heterocycles. The minimum atomic E-state index is -0.174. The predicted molar refractivity (Wildman–Crippen MR) is 67.2 cm³/mol. The maximum atomic E-state index is 12.1. The van der Waals surface area contributed by atoms with E-state index in [1.54, 1.807) is 19.2 Å². The molecule has 0 fully saturated rings. The van der Waals surface area contributed by atoms with Gasteiger partial charge in [-0.1, -0.05) is 13.8 Å². The van der Waals surface area contributed by atoms with Crippen LogP contribution in [0, 0.1) is 12.8 Å². The highest BCUT2D eigenvalue weighted by Crippen LogP contribution is 2.03. The lowest BCUT2D eigenvalue weighted by molar-refractivity contribution is -0.124. The Morgan fingerprint density at radius 1 is 1.56 bits per heavy atom. The number of aryl methyl sites for hydroxylation is 1. The second-order valence-electron chi connectivity index (χ2n) is 4.51. The molecule has 0 aliphatic carbocycles. The zero-order valence-electron chi connectivity index (χ0n) is 10.7. The van der Waals surface area contributed by atoms with Gasteiger partial charge in [-0.15, -0.1) is 0 Å². The van der Waals surface area contributed by atoms with Crippen LogP contribution in [-0.4, -0.2) is 20.5 Å².